The smallest absolute Gasteiger partial charge is 0.317 e. The number of anilines is 1. The molecule has 1 N–H and O–H groups in total. The SMILES string of the molecule is COc1cc(N2CCN(C(=O)N[C@@H](C)c3cccc4c3CCC=C4)CC2)ccc1-c1cnco1. The molecule has 34 heavy (non-hydrogen) atoms. The summed E-state index contributed by atoms with van der Waals surface area (Å²) in [6.45, 7) is 4.93. The number of methoxy groups -OCH3 is 1. The molecule has 2 aliphatic rings. The minimum Gasteiger partial charge on any atom is -0.496 e. The molecule has 3 aromatic rings. The Hall–Kier alpha value is -3.74. The van der Waals surface area contributed by atoms with Crippen LogP contribution in [-0.4, -0.2) is 49.2 Å². The summed E-state index contributed by atoms with van der Waals surface area (Å²) in [4.78, 5) is 21.2. The van der Waals surface area contributed by atoms with Gasteiger partial charge in [0.25, 0.3) is 0 Å². The minimum atomic E-state index is -0.0279. The Morgan fingerprint density at radius 1 is 1.18 bits per heavy atom. The first kappa shape index (κ1) is 22.1. The van der Waals surface area contributed by atoms with E-state index in [1.165, 1.54) is 23.1 Å². The van der Waals surface area contributed by atoms with Crippen LogP contribution in [-0.2, 0) is 6.42 Å². The monoisotopic (exact) mass is 458 g/mol. The molecule has 176 valence electrons. The number of nitrogens with one attached hydrogen (secondary N) is 1. The van der Waals surface area contributed by atoms with Crippen molar-refractivity contribution in [3.8, 4) is 17.1 Å². The van der Waals surface area contributed by atoms with Gasteiger partial charge in [-0.25, -0.2) is 9.78 Å². The van der Waals surface area contributed by atoms with E-state index in [2.05, 4.69) is 58.5 Å². The molecule has 2 heterocycles. The van der Waals surface area contributed by atoms with Crippen molar-refractivity contribution >= 4 is 17.8 Å². The van der Waals surface area contributed by atoms with Gasteiger partial charge in [-0.05, 0) is 48.6 Å². The van der Waals surface area contributed by atoms with Crippen LogP contribution in [0.4, 0.5) is 10.5 Å². The molecular formula is C27H30N4O3. The highest BCUT2D eigenvalue weighted by Crippen LogP contribution is 2.34. The number of piperazine rings is 1. The van der Waals surface area contributed by atoms with Crippen molar-refractivity contribution in [2.75, 3.05) is 38.2 Å². The molecule has 1 fully saturated rings. The normalized spacial score (nSPS) is 16.2. The summed E-state index contributed by atoms with van der Waals surface area (Å²) in [5.74, 6) is 1.42. The number of rotatable bonds is 5. The Morgan fingerprint density at radius 2 is 2.03 bits per heavy atom. The summed E-state index contributed by atoms with van der Waals surface area (Å²) < 4.78 is 11.0. The van der Waals surface area contributed by atoms with Crippen molar-refractivity contribution in [3.05, 3.63) is 71.8 Å². The van der Waals surface area contributed by atoms with Crippen LogP contribution in [0.15, 0.2) is 59.5 Å². The number of carbonyl (C=O) groups is 1. The Morgan fingerprint density at radius 3 is 2.79 bits per heavy atom. The van der Waals surface area contributed by atoms with Crippen molar-refractivity contribution in [2.24, 2.45) is 0 Å². The molecule has 1 aromatic heterocycles. The first-order chi connectivity index (χ1) is 16.6. The quantitative estimate of drug-likeness (QED) is 0.589. The lowest BCUT2D eigenvalue weighted by Crippen LogP contribution is -2.52. The summed E-state index contributed by atoms with van der Waals surface area (Å²) in [5, 5.41) is 3.22. The van der Waals surface area contributed by atoms with Gasteiger partial charge in [0.15, 0.2) is 12.2 Å². The van der Waals surface area contributed by atoms with Gasteiger partial charge in [0, 0.05) is 37.9 Å². The first-order valence-corrected chi connectivity index (χ1v) is 11.8. The number of benzene rings is 2. The number of amides is 2. The van der Waals surface area contributed by atoms with E-state index in [-0.39, 0.29) is 12.1 Å². The predicted molar refractivity (Wildman–Crippen MR) is 133 cm³/mol. The number of hydrogen-bond donors (Lipinski definition) is 1. The average molecular weight is 459 g/mol. The first-order valence-electron chi connectivity index (χ1n) is 11.8. The predicted octanol–water partition coefficient (Wildman–Crippen LogP) is 4.90. The zero-order chi connectivity index (χ0) is 23.5. The van der Waals surface area contributed by atoms with Crippen molar-refractivity contribution in [1.82, 2.24) is 15.2 Å². The number of hydrogen-bond acceptors (Lipinski definition) is 5. The molecule has 2 amide bonds. The molecule has 0 saturated carbocycles. The van der Waals surface area contributed by atoms with Crippen LogP contribution >= 0.6 is 0 Å². The van der Waals surface area contributed by atoms with E-state index in [0.717, 1.165) is 42.9 Å². The Labute approximate surface area is 200 Å². The third kappa shape index (κ3) is 4.38. The molecule has 0 bridgehead atoms. The maximum atomic E-state index is 13.0. The number of allylic oxidation sites excluding steroid dienone is 1. The molecule has 1 aliphatic heterocycles. The minimum absolute atomic E-state index is 0.00523. The Kier molecular flexibility index (Phi) is 6.25. The number of fused-ring (bicyclic) bond motifs is 1. The number of ether oxygens (including phenoxy) is 1. The fourth-order valence-corrected chi connectivity index (χ4v) is 4.86. The van der Waals surface area contributed by atoms with E-state index >= 15 is 0 Å². The number of urea groups is 1. The largest absolute Gasteiger partial charge is 0.496 e. The molecule has 7 nitrogen and oxygen atoms in total. The number of nitrogens with zero attached hydrogens (tertiary/aromatic N) is 3. The topological polar surface area (TPSA) is 70.8 Å². The van der Waals surface area contributed by atoms with Crippen LogP contribution < -0.4 is 15.0 Å². The zero-order valence-electron chi connectivity index (χ0n) is 19.7. The van der Waals surface area contributed by atoms with E-state index in [1.807, 2.05) is 17.0 Å². The van der Waals surface area contributed by atoms with E-state index in [0.29, 0.717) is 18.8 Å². The van der Waals surface area contributed by atoms with Crippen LogP contribution in [0.3, 0.4) is 0 Å². The maximum absolute atomic E-state index is 13.0. The van der Waals surface area contributed by atoms with Gasteiger partial charge in [-0.15, -0.1) is 0 Å². The van der Waals surface area contributed by atoms with Crippen molar-refractivity contribution in [1.29, 1.82) is 0 Å². The van der Waals surface area contributed by atoms with Crippen molar-refractivity contribution < 1.29 is 13.9 Å². The van der Waals surface area contributed by atoms with Crippen LogP contribution in [0.25, 0.3) is 17.4 Å². The second kappa shape index (κ2) is 9.63. The highest BCUT2D eigenvalue weighted by molar-refractivity contribution is 5.76. The molecule has 1 atom stereocenters. The highest BCUT2D eigenvalue weighted by atomic mass is 16.5. The Bertz CT molecular complexity index is 1180. The fourth-order valence-electron chi connectivity index (χ4n) is 4.86. The van der Waals surface area contributed by atoms with Gasteiger partial charge >= 0.3 is 6.03 Å². The van der Waals surface area contributed by atoms with Gasteiger partial charge < -0.3 is 24.3 Å². The van der Waals surface area contributed by atoms with Crippen molar-refractivity contribution in [3.63, 3.8) is 0 Å². The van der Waals surface area contributed by atoms with E-state index in [9.17, 15) is 4.79 Å². The third-order valence-electron chi connectivity index (χ3n) is 6.73. The lowest BCUT2D eigenvalue weighted by Gasteiger charge is -2.37. The fraction of sp³-hybridized carbons (Fsp3) is 0.333. The number of oxazole rings is 1. The van der Waals surface area contributed by atoms with Gasteiger partial charge in [0.05, 0.1) is 24.9 Å². The molecular weight excluding hydrogens is 428 g/mol. The van der Waals surface area contributed by atoms with Crippen LogP contribution in [0.2, 0.25) is 0 Å². The summed E-state index contributed by atoms with van der Waals surface area (Å²) in [5.41, 5.74) is 5.77. The van der Waals surface area contributed by atoms with E-state index < -0.39 is 0 Å². The lowest BCUT2D eigenvalue weighted by atomic mass is 9.90. The molecule has 5 rings (SSSR count). The molecule has 2 aromatic carbocycles. The van der Waals surface area contributed by atoms with Gasteiger partial charge in [-0.2, -0.15) is 0 Å². The van der Waals surface area contributed by atoms with E-state index in [4.69, 9.17) is 9.15 Å². The molecule has 1 saturated heterocycles. The summed E-state index contributed by atoms with van der Waals surface area (Å²) >= 11 is 0. The van der Waals surface area contributed by atoms with Crippen LogP contribution in [0, 0.1) is 0 Å². The molecule has 0 unspecified atom stereocenters. The van der Waals surface area contributed by atoms with Crippen molar-refractivity contribution in [2.45, 2.75) is 25.8 Å². The van der Waals surface area contributed by atoms with Crippen LogP contribution in [0.1, 0.15) is 36.1 Å². The van der Waals surface area contributed by atoms with E-state index in [1.54, 1.807) is 13.3 Å². The van der Waals surface area contributed by atoms with Crippen LogP contribution in [0.5, 0.6) is 5.75 Å². The highest BCUT2D eigenvalue weighted by Gasteiger charge is 2.24. The molecule has 7 heteroatoms. The third-order valence-corrected chi connectivity index (χ3v) is 6.73. The Balaban J connectivity index is 1.21. The molecule has 0 spiro atoms. The molecule has 1 aliphatic carbocycles. The average Bonchev–Trinajstić information content (AvgIpc) is 3.43. The maximum Gasteiger partial charge on any atom is 0.317 e. The molecule has 0 radical (unpaired) electrons. The standard InChI is InChI=1S/C27H30N4O3/c1-19(22-9-5-7-20-6-3-4-8-23(20)22)29-27(32)31-14-12-30(13-15-31)21-10-11-24(25(16-21)33-2)26-17-28-18-34-26/h3,5-7,9-11,16-19H,4,8,12-15H2,1-2H3,(H,29,32)/t19-/m0/s1. The second-order valence-corrected chi connectivity index (χ2v) is 8.75. The van der Waals surface area contributed by atoms with Gasteiger partial charge in [0.1, 0.15) is 5.75 Å². The number of carbonyl (C=O) groups excluding carboxylic acids is 1. The zero-order valence-corrected chi connectivity index (χ0v) is 19.7. The summed E-state index contributed by atoms with van der Waals surface area (Å²) in [6, 6.07) is 12.4. The second-order valence-electron chi connectivity index (χ2n) is 8.75. The summed E-state index contributed by atoms with van der Waals surface area (Å²) in [7, 11) is 1.66. The van der Waals surface area contributed by atoms with Gasteiger partial charge in [-0.1, -0.05) is 30.4 Å². The van der Waals surface area contributed by atoms with Gasteiger partial charge in [0.2, 0.25) is 0 Å². The number of aromatic nitrogens is 1. The lowest BCUT2D eigenvalue weighted by molar-refractivity contribution is 0.191. The van der Waals surface area contributed by atoms with Gasteiger partial charge in [-0.3, -0.25) is 0 Å². The summed E-state index contributed by atoms with van der Waals surface area (Å²) in [6.07, 6.45) is 9.57.